The summed E-state index contributed by atoms with van der Waals surface area (Å²) in [6.07, 6.45) is 2.47. The van der Waals surface area contributed by atoms with Gasteiger partial charge in [0.25, 0.3) is 5.91 Å². The maximum absolute atomic E-state index is 12.5. The highest BCUT2D eigenvalue weighted by Gasteiger charge is 2.19. The fourth-order valence-electron chi connectivity index (χ4n) is 3.62. The van der Waals surface area contributed by atoms with Crippen molar-refractivity contribution in [3.63, 3.8) is 0 Å². The van der Waals surface area contributed by atoms with Crippen molar-refractivity contribution in [2.75, 3.05) is 18.4 Å². The minimum absolute atomic E-state index is 0.0648. The molecule has 3 aromatic carbocycles. The molecule has 0 aromatic heterocycles. The lowest BCUT2D eigenvalue weighted by Crippen LogP contribution is -2.27. The maximum atomic E-state index is 12.5. The molecule has 4 rings (SSSR count). The number of amides is 2. The zero-order chi connectivity index (χ0) is 18.6. The van der Waals surface area contributed by atoms with Crippen molar-refractivity contribution in [3.05, 3.63) is 77.9 Å². The Morgan fingerprint density at radius 1 is 0.852 bits per heavy atom. The van der Waals surface area contributed by atoms with Gasteiger partial charge in [0.15, 0.2) is 0 Å². The van der Waals surface area contributed by atoms with Gasteiger partial charge in [-0.1, -0.05) is 42.5 Å². The maximum Gasteiger partial charge on any atom is 0.253 e. The van der Waals surface area contributed by atoms with Gasteiger partial charge in [-0.25, -0.2) is 0 Å². The highest BCUT2D eigenvalue weighted by Crippen LogP contribution is 2.20. The summed E-state index contributed by atoms with van der Waals surface area (Å²) < 4.78 is 0. The normalized spacial score (nSPS) is 13.7. The summed E-state index contributed by atoms with van der Waals surface area (Å²) >= 11 is 0. The number of hydrogen-bond donors (Lipinski definition) is 1. The monoisotopic (exact) mass is 358 g/mol. The molecule has 0 atom stereocenters. The summed E-state index contributed by atoms with van der Waals surface area (Å²) in [5.74, 6) is 0.00565. The van der Waals surface area contributed by atoms with Gasteiger partial charge in [-0.3, -0.25) is 9.59 Å². The molecular formula is C23H22N2O2. The molecule has 27 heavy (non-hydrogen) atoms. The SMILES string of the molecule is O=C(Cc1cccc2ccccc12)Nc1ccc(C(=O)N2CCCC2)cc1. The molecule has 1 saturated heterocycles. The zero-order valence-corrected chi connectivity index (χ0v) is 15.2. The first-order valence-electron chi connectivity index (χ1n) is 9.36. The molecule has 4 nitrogen and oxygen atoms in total. The molecule has 0 radical (unpaired) electrons. The van der Waals surface area contributed by atoms with E-state index >= 15 is 0 Å². The standard InChI is InChI=1S/C23H22N2O2/c26-22(16-19-8-5-7-17-6-1-2-9-21(17)19)24-20-12-10-18(11-13-20)23(27)25-14-3-4-15-25/h1-2,5-13H,3-4,14-16H2,(H,24,26). The number of nitrogens with zero attached hydrogens (tertiary/aromatic N) is 1. The van der Waals surface area contributed by atoms with Crippen LogP contribution in [0.25, 0.3) is 10.8 Å². The van der Waals surface area contributed by atoms with Crippen LogP contribution in [0.3, 0.4) is 0 Å². The summed E-state index contributed by atoms with van der Waals surface area (Å²) in [5, 5.41) is 5.16. The van der Waals surface area contributed by atoms with E-state index in [1.807, 2.05) is 47.4 Å². The lowest BCUT2D eigenvalue weighted by molar-refractivity contribution is -0.115. The predicted molar refractivity (Wildman–Crippen MR) is 108 cm³/mol. The lowest BCUT2D eigenvalue weighted by atomic mass is 10.0. The second-order valence-corrected chi connectivity index (χ2v) is 6.94. The van der Waals surface area contributed by atoms with Crippen molar-refractivity contribution >= 4 is 28.3 Å². The Morgan fingerprint density at radius 2 is 1.56 bits per heavy atom. The van der Waals surface area contributed by atoms with Crippen molar-refractivity contribution < 1.29 is 9.59 Å². The molecule has 4 heteroatoms. The van der Waals surface area contributed by atoms with E-state index in [0.29, 0.717) is 17.7 Å². The van der Waals surface area contributed by atoms with E-state index in [2.05, 4.69) is 5.32 Å². The molecular weight excluding hydrogens is 336 g/mol. The fourth-order valence-corrected chi connectivity index (χ4v) is 3.62. The average molecular weight is 358 g/mol. The van der Waals surface area contributed by atoms with Gasteiger partial charge in [0.1, 0.15) is 0 Å². The number of likely N-dealkylation sites (tertiary alicyclic amines) is 1. The van der Waals surface area contributed by atoms with E-state index in [1.165, 1.54) is 0 Å². The van der Waals surface area contributed by atoms with Gasteiger partial charge in [-0.05, 0) is 53.4 Å². The molecule has 0 saturated carbocycles. The van der Waals surface area contributed by atoms with Crippen LogP contribution in [-0.4, -0.2) is 29.8 Å². The first kappa shape index (κ1) is 17.3. The van der Waals surface area contributed by atoms with Gasteiger partial charge >= 0.3 is 0 Å². The summed E-state index contributed by atoms with van der Waals surface area (Å²) in [6.45, 7) is 1.67. The Balaban J connectivity index is 1.42. The molecule has 0 bridgehead atoms. The largest absolute Gasteiger partial charge is 0.339 e. The zero-order valence-electron chi connectivity index (χ0n) is 15.2. The third-order valence-corrected chi connectivity index (χ3v) is 5.04. The van der Waals surface area contributed by atoms with Crippen molar-refractivity contribution in [3.8, 4) is 0 Å². The van der Waals surface area contributed by atoms with E-state index in [9.17, 15) is 9.59 Å². The number of fused-ring (bicyclic) bond motifs is 1. The van der Waals surface area contributed by atoms with Crippen LogP contribution in [-0.2, 0) is 11.2 Å². The first-order valence-corrected chi connectivity index (χ1v) is 9.36. The number of carbonyl (C=O) groups is 2. The number of benzene rings is 3. The third-order valence-electron chi connectivity index (χ3n) is 5.04. The highest BCUT2D eigenvalue weighted by atomic mass is 16.2. The van der Waals surface area contributed by atoms with Crippen LogP contribution in [0.15, 0.2) is 66.7 Å². The van der Waals surface area contributed by atoms with Crippen LogP contribution in [0, 0.1) is 0 Å². The molecule has 1 heterocycles. The molecule has 136 valence electrons. The molecule has 2 amide bonds. The summed E-state index contributed by atoms with van der Waals surface area (Å²) in [5.41, 5.74) is 2.38. The second kappa shape index (κ2) is 7.62. The minimum atomic E-state index is -0.0648. The van der Waals surface area contributed by atoms with Gasteiger partial charge in [0.05, 0.1) is 6.42 Å². The topological polar surface area (TPSA) is 49.4 Å². The quantitative estimate of drug-likeness (QED) is 0.758. The fraction of sp³-hybridized carbons (Fsp3) is 0.217. The molecule has 1 aliphatic rings. The van der Waals surface area contributed by atoms with Gasteiger partial charge in [0.2, 0.25) is 5.91 Å². The predicted octanol–water partition coefficient (Wildman–Crippen LogP) is 4.26. The number of anilines is 1. The Hall–Kier alpha value is -3.14. The van der Waals surface area contributed by atoms with Crippen molar-refractivity contribution in [2.45, 2.75) is 19.3 Å². The first-order chi connectivity index (χ1) is 13.2. The lowest BCUT2D eigenvalue weighted by Gasteiger charge is -2.15. The van der Waals surface area contributed by atoms with Crippen molar-refractivity contribution in [1.82, 2.24) is 4.90 Å². The molecule has 0 unspecified atom stereocenters. The molecule has 0 aliphatic carbocycles. The van der Waals surface area contributed by atoms with Gasteiger partial charge < -0.3 is 10.2 Å². The number of rotatable bonds is 4. The summed E-state index contributed by atoms with van der Waals surface area (Å²) in [6, 6.07) is 21.2. The van der Waals surface area contributed by atoms with Crippen LogP contribution >= 0.6 is 0 Å². The van der Waals surface area contributed by atoms with E-state index in [-0.39, 0.29) is 11.8 Å². The number of carbonyl (C=O) groups excluding carboxylic acids is 2. The number of nitrogens with one attached hydrogen (secondary N) is 1. The summed E-state index contributed by atoms with van der Waals surface area (Å²) in [4.78, 5) is 26.7. The van der Waals surface area contributed by atoms with Crippen LogP contribution in [0.5, 0.6) is 0 Å². The molecule has 1 fully saturated rings. The van der Waals surface area contributed by atoms with Gasteiger partial charge in [-0.15, -0.1) is 0 Å². The van der Waals surface area contributed by atoms with Crippen molar-refractivity contribution in [1.29, 1.82) is 0 Å². The Labute approximate surface area is 158 Å². The molecule has 1 N–H and O–H groups in total. The minimum Gasteiger partial charge on any atom is -0.339 e. The van der Waals surface area contributed by atoms with E-state index < -0.39 is 0 Å². The molecule has 3 aromatic rings. The van der Waals surface area contributed by atoms with Gasteiger partial charge in [0, 0.05) is 24.3 Å². The Kier molecular flexibility index (Phi) is 4.88. The molecule has 1 aliphatic heterocycles. The number of hydrogen-bond acceptors (Lipinski definition) is 2. The van der Waals surface area contributed by atoms with E-state index in [4.69, 9.17) is 0 Å². The highest BCUT2D eigenvalue weighted by molar-refractivity contribution is 5.97. The van der Waals surface area contributed by atoms with E-state index in [1.54, 1.807) is 24.3 Å². The van der Waals surface area contributed by atoms with E-state index in [0.717, 1.165) is 42.3 Å². The third kappa shape index (κ3) is 3.85. The van der Waals surface area contributed by atoms with Crippen LogP contribution in [0.4, 0.5) is 5.69 Å². The molecule has 0 spiro atoms. The second-order valence-electron chi connectivity index (χ2n) is 6.94. The van der Waals surface area contributed by atoms with Crippen LogP contribution < -0.4 is 5.32 Å². The van der Waals surface area contributed by atoms with Gasteiger partial charge in [-0.2, -0.15) is 0 Å². The van der Waals surface area contributed by atoms with Crippen LogP contribution in [0.2, 0.25) is 0 Å². The Bertz CT molecular complexity index is 968. The average Bonchev–Trinajstić information content (AvgIpc) is 3.23. The smallest absolute Gasteiger partial charge is 0.253 e. The van der Waals surface area contributed by atoms with Crippen LogP contribution in [0.1, 0.15) is 28.8 Å². The summed E-state index contributed by atoms with van der Waals surface area (Å²) in [7, 11) is 0. The Morgan fingerprint density at radius 3 is 2.33 bits per heavy atom. The van der Waals surface area contributed by atoms with Crippen molar-refractivity contribution in [2.24, 2.45) is 0 Å².